The summed E-state index contributed by atoms with van der Waals surface area (Å²) in [6.07, 6.45) is 4.39. The van der Waals surface area contributed by atoms with E-state index in [9.17, 15) is 0 Å². The molecule has 0 aliphatic carbocycles. The highest BCUT2D eigenvalue weighted by Crippen LogP contribution is 2.40. The van der Waals surface area contributed by atoms with Gasteiger partial charge in [-0.25, -0.2) is 4.98 Å². The number of allylic oxidation sites excluding steroid dienone is 1. The maximum absolute atomic E-state index is 8.97. The third kappa shape index (κ3) is 3.23. The lowest BCUT2D eigenvalue weighted by Gasteiger charge is -2.13. The van der Waals surface area contributed by atoms with Gasteiger partial charge >= 0.3 is 0 Å². The second-order valence-corrected chi connectivity index (χ2v) is 7.04. The summed E-state index contributed by atoms with van der Waals surface area (Å²) in [6, 6.07) is 14.4. The van der Waals surface area contributed by atoms with Gasteiger partial charge in [-0.3, -0.25) is 0 Å². The number of nitriles is 1. The Kier molecular flexibility index (Phi) is 4.31. The molecule has 3 heteroatoms. The van der Waals surface area contributed by atoms with Crippen LogP contribution in [0.1, 0.15) is 34.5 Å². The number of hydrogen-bond donors (Lipinski definition) is 0. The zero-order valence-corrected chi connectivity index (χ0v) is 13.7. The Morgan fingerprint density at radius 3 is 2.95 bits per heavy atom. The van der Waals surface area contributed by atoms with Gasteiger partial charge in [0.05, 0.1) is 5.69 Å². The summed E-state index contributed by atoms with van der Waals surface area (Å²) >= 11 is 1.88. The van der Waals surface area contributed by atoms with E-state index in [4.69, 9.17) is 5.26 Å². The monoisotopic (exact) mass is 306 g/mol. The van der Waals surface area contributed by atoms with Gasteiger partial charge < -0.3 is 0 Å². The standard InChI is InChI=1S/C19H18N2S/c1-13-6-7-14(2)15(10-13)11-17-8-9-19(22-17)18-5-3-4-16(12-20)21-18/h3-7,9-10,17H,8,11H2,1-2H3. The molecule has 3 rings (SSSR count). The molecule has 1 atom stereocenters. The second kappa shape index (κ2) is 6.37. The molecule has 0 fully saturated rings. The number of benzene rings is 1. The minimum Gasteiger partial charge on any atom is -0.237 e. The van der Waals surface area contributed by atoms with Crippen LogP contribution in [0.4, 0.5) is 0 Å². The number of rotatable bonds is 3. The second-order valence-electron chi connectivity index (χ2n) is 5.70. The lowest BCUT2D eigenvalue weighted by molar-refractivity contribution is 0.871. The van der Waals surface area contributed by atoms with Crippen LogP contribution in [0, 0.1) is 25.2 Å². The number of thioether (sulfide) groups is 1. The molecule has 0 amide bonds. The molecule has 0 bridgehead atoms. The van der Waals surface area contributed by atoms with Crippen molar-refractivity contribution in [3.63, 3.8) is 0 Å². The molecular weight excluding hydrogens is 288 g/mol. The summed E-state index contributed by atoms with van der Waals surface area (Å²) in [5.74, 6) is 0. The Hall–Kier alpha value is -2.05. The van der Waals surface area contributed by atoms with E-state index in [1.54, 1.807) is 6.07 Å². The number of aromatic nitrogens is 1. The summed E-state index contributed by atoms with van der Waals surface area (Å²) in [4.78, 5) is 5.60. The Bertz CT molecular complexity index is 771. The molecular formula is C19H18N2S. The van der Waals surface area contributed by atoms with Crippen LogP contribution in [-0.4, -0.2) is 10.2 Å². The van der Waals surface area contributed by atoms with Crippen LogP contribution in [0.15, 0.2) is 42.5 Å². The molecule has 2 heterocycles. The van der Waals surface area contributed by atoms with Gasteiger partial charge in [0.2, 0.25) is 0 Å². The Morgan fingerprint density at radius 2 is 2.14 bits per heavy atom. The van der Waals surface area contributed by atoms with Crippen LogP contribution in [0.2, 0.25) is 0 Å². The van der Waals surface area contributed by atoms with Crippen LogP contribution in [0.3, 0.4) is 0 Å². The van der Waals surface area contributed by atoms with Gasteiger partial charge in [-0.15, -0.1) is 11.8 Å². The lowest BCUT2D eigenvalue weighted by Crippen LogP contribution is -2.04. The topological polar surface area (TPSA) is 36.7 Å². The molecule has 0 saturated carbocycles. The summed E-state index contributed by atoms with van der Waals surface area (Å²) < 4.78 is 0. The van der Waals surface area contributed by atoms with Crippen molar-refractivity contribution in [1.29, 1.82) is 5.26 Å². The van der Waals surface area contributed by atoms with Crippen molar-refractivity contribution in [2.45, 2.75) is 31.9 Å². The first-order valence-corrected chi connectivity index (χ1v) is 8.34. The quantitative estimate of drug-likeness (QED) is 0.827. The number of hydrogen-bond acceptors (Lipinski definition) is 3. The highest BCUT2D eigenvalue weighted by atomic mass is 32.2. The largest absolute Gasteiger partial charge is 0.237 e. The molecule has 110 valence electrons. The van der Waals surface area contributed by atoms with Crippen molar-refractivity contribution in [3.05, 3.63) is 70.6 Å². The van der Waals surface area contributed by atoms with Crippen LogP contribution in [-0.2, 0) is 6.42 Å². The van der Waals surface area contributed by atoms with Gasteiger partial charge in [0, 0.05) is 10.2 Å². The van der Waals surface area contributed by atoms with Crippen molar-refractivity contribution >= 4 is 16.7 Å². The molecule has 1 aliphatic heterocycles. The summed E-state index contributed by atoms with van der Waals surface area (Å²) in [7, 11) is 0. The van der Waals surface area contributed by atoms with E-state index in [0.717, 1.165) is 18.5 Å². The fourth-order valence-corrected chi connectivity index (χ4v) is 3.95. The van der Waals surface area contributed by atoms with Crippen molar-refractivity contribution in [2.75, 3.05) is 0 Å². The average Bonchev–Trinajstić information content (AvgIpc) is 2.99. The highest BCUT2D eigenvalue weighted by Gasteiger charge is 2.21. The van der Waals surface area contributed by atoms with Crippen molar-refractivity contribution in [1.82, 2.24) is 4.98 Å². The van der Waals surface area contributed by atoms with Gasteiger partial charge in [-0.1, -0.05) is 35.9 Å². The molecule has 0 radical (unpaired) electrons. The van der Waals surface area contributed by atoms with Gasteiger partial charge in [0.25, 0.3) is 0 Å². The predicted molar refractivity (Wildman–Crippen MR) is 92.5 cm³/mol. The zero-order valence-electron chi connectivity index (χ0n) is 12.8. The molecule has 1 aromatic heterocycles. The molecule has 2 nitrogen and oxygen atoms in total. The summed E-state index contributed by atoms with van der Waals surface area (Å²) in [5, 5.41) is 9.53. The van der Waals surface area contributed by atoms with E-state index in [1.807, 2.05) is 23.9 Å². The molecule has 1 aromatic carbocycles. The maximum atomic E-state index is 8.97. The number of pyridine rings is 1. The normalized spacial score (nSPS) is 17.1. The lowest BCUT2D eigenvalue weighted by atomic mass is 10.0. The first-order chi connectivity index (χ1) is 10.7. The first-order valence-electron chi connectivity index (χ1n) is 7.46. The SMILES string of the molecule is Cc1ccc(C)c(CC2CC=C(c3cccc(C#N)n3)S2)c1. The molecule has 1 unspecified atom stereocenters. The van der Waals surface area contributed by atoms with Gasteiger partial charge in [-0.2, -0.15) is 5.26 Å². The van der Waals surface area contributed by atoms with Crippen LogP contribution >= 0.6 is 11.8 Å². The van der Waals surface area contributed by atoms with Crippen molar-refractivity contribution < 1.29 is 0 Å². The smallest absolute Gasteiger partial charge is 0.141 e. The minimum absolute atomic E-state index is 0.483. The number of aryl methyl sites for hydroxylation is 2. The molecule has 0 saturated heterocycles. The number of nitrogens with zero attached hydrogens (tertiary/aromatic N) is 2. The van der Waals surface area contributed by atoms with Gasteiger partial charge in [0.15, 0.2) is 0 Å². The van der Waals surface area contributed by atoms with E-state index in [1.165, 1.54) is 21.6 Å². The van der Waals surface area contributed by atoms with E-state index in [0.29, 0.717) is 10.9 Å². The third-order valence-electron chi connectivity index (χ3n) is 3.93. The average molecular weight is 306 g/mol. The van der Waals surface area contributed by atoms with Crippen molar-refractivity contribution in [2.24, 2.45) is 0 Å². The molecule has 2 aromatic rings. The van der Waals surface area contributed by atoms with E-state index < -0.39 is 0 Å². The van der Waals surface area contributed by atoms with E-state index >= 15 is 0 Å². The summed E-state index contributed by atoms with van der Waals surface area (Å²) in [6.45, 7) is 4.33. The predicted octanol–water partition coefficient (Wildman–Crippen LogP) is 4.66. The van der Waals surface area contributed by atoms with Crippen LogP contribution < -0.4 is 0 Å². The Labute approximate surface area is 135 Å². The van der Waals surface area contributed by atoms with Crippen LogP contribution in [0.25, 0.3) is 4.91 Å². The minimum atomic E-state index is 0.483. The van der Waals surface area contributed by atoms with Crippen LogP contribution in [0.5, 0.6) is 0 Å². The first kappa shape index (κ1) is 14.9. The Balaban J connectivity index is 1.71. The van der Waals surface area contributed by atoms with E-state index in [2.05, 4.69) is 49.2 Å². The van der Waals surface area contributed by atoms with Crippen molar-refractivity contribution in [3.8, 4) is 6.07 Å². The Morgan fingerprint density at radius 1 is 1.27 bits per heavy atom. The molecule has 22 heavy (non-hydrogen) atoms. The highest BCUT2D eigenvalue weighted by molar-refractivity contribution is 8.09. The molecule has 0 N–H and O–H groups in total. The fraction of sp³-hybridized carbons (Fsp3) is 0.263. The molecule has 0 spiro atoms. The van der Waals surface area contributed by atoms with E-state index in [-0.39, 0.29) is 0 Å². The summed E-state index contributed by atoms with van der Waals surface area (Å²) in [5.41, 5.74) is 5.53. The zero-order chi connectivity index (χ0) is 15.5. The van der Waals surface area contributed by atoms with Gasteiger partial charge in [0.1, 0.15) is 11.8 Å². The maximum Gasteiger partial charge on any atom is 0.141 e. The molecule has 1 aliphatic rings. The van der Waals surface area contributed by atoms with Gasteiger partial charge in [-0.05, 0) is 49.9 Å². The third-order valence-corrected chi connectivity index (χ3v) is 5.25. The fourth-order valence-electron chi connectivity index (χ4n) is 2.70.